The number of pyridine rings is 1. The number of rotatable bonds is 5. The summed E-state index contributed by atoms with van der Waals surface area (Å²) in [5, 5.41) is 12.4. The summed E-state index contributed by atoms with van der Waals surface area (Å²) in [4.78, 5) is 17.2. The van der Waals surface area contributed by atoms with Crippen LogP contribution in [0.1, 0.15) is 40.5 Å². The van der Waals surface area contributed by atoms with Crippen molar-refractivity contribution in [2.24, 2.45) is 0 Å². The highest BCUT2D eigenvalue weighted by atomic mass is 32.2. The molecule has 1 aromatic carbocycles. The number of carbonyl (C=O) groups excluding carboxylic acids is 1. The van der Waals surface area contributed by atoms with Gasteiger partial charge < -0.3 is 5.32 Å². The van der Waals surface area contributed by atoms with Crippen molar-refractivity contribution in [3.05, 3.63) is 58.5 Å². The molecule has 1 amide bonds. The predicted molar refractivity (Wildman–Crippen MR) is 94.6 cm³/mol. The fourth-order valence-electron chi connectivity index (χ4n) is 2.55. The van der Waals surface area contributed by atoms with Crippen LogP contribution in [0.15, 0.2) is 35.4 Å². The van der Waals surface area contributed by atoms with Gasteiger partial charge in [-0.15, -0.1) is 0 Å². The fraction of sp³-hybridized carbons (Fsp3) is 0.316. The van der Waals surface area contributed by atoms with Crippen molar-refractivity contribution in [3.8, 4) is 6.07 Å². The summed E-state index contributed by atoms with van der Waals surface area (Å²) in [6, 6.07) is 10.1. The SMILES string of the molecule is Cc1cc(C)c(C#N)c(SC(C(=O)NC2CC2)c2ccc(F)cc2)n1. The van der Waals surface area contributed by atoms with E-state index in [0.717, 1.165) is 24.1 Å². The van der Waals surface area contributed by atoms with Gasteiger partial charge in [0.05, 0.1) is 5.56 Å². The van der Waals surface area contributed by atoms with Crippen molar-refractivity contribution < 1.29 is 9.18 Å². The predicted octanol–water partition coefficient (Wildman–Crippen LogP) is 3.82. The van der Waals surface area contributed by atoms with E-state index in [2.05, 4.69) is 16.4 Å². The molecule has 25 heavy (non-hydrogen) atoms. The van der Waals surface area contributed by atoms with Crippen LogP contribution in [0.3, 0.4) is 0 Å². The van der Waals surface area contributed by atoms with Crippen molar-refractivity contribution in [2.75, 3.05) is 0 Å². The summed E-state index contributed by atoms with van der Waals surface area (Å²) < 4.78 is 13.3. The monoisotopic (exact) mass is 355 g/mol. The third-order valence-electron chi connectivity index (χ3n) is 3.99. The van der Waals surface area contributed by atoms with Crippen molar-refractivity contribution in [2.45, 2.75) is 43.0 Å². The van der Waals surface area contributed by atoms with Gasteiger partial charge in [-0.25, -0.2) is 9.37 Å². The molecule has 1 aliphatic carbocycles. The van der Waals surface area contributed by atoms with E-state index in [4.69, 9.17) is 0 Å². The third kappa shape index (κ3) is 4.18. The lowest BCUT2D eigenvalue weighted by Crippen LogP contribution is -2.29. The first kappa shape index (κ1) is 17.4. The molecule has 1 aromatic heterocycles. The Balaban J connectivity index is 1.96. The molecule has 1 N–H and O–H groups in total. The molecule has 4 nitrogen and oxygen atoms in total. The van der Waals surface area contributed by atoms with Gasteiger partial charge in [-0.2, -0.15) is 5.26 Å². The van der Waals surface area contributed by atoms with Gasteiger partial charge in [0.25, 0.3) is 0 Å². The number of carbonyl (C=O) groups is 1. The molecule has 1 aliphatic rings. The van der Waals surface area contributed by atoms with Crippen LogP contribution in [0.25, 0.3) is 0 Å². The number of benzene rings is 1. The van der Waals surface area contributed by atoms with Gasteiger partial charge in [0.1, 0.15) is 22.2 Å². The first-order valence-corrected chi connectivity index (χ1v) is 8.96. The molecule has 0 saturated heterocycles. The molecule has 2 aromatic rings. The molecule has 1 unspecified atom stereocenters. The van der Waals surface area contributed by atoms with Gasteiger partial charge >= 0.3 is 0 Å². The number of nitrogens with zero attached hydrogens (tertiary/aromatic N) is 2. The van der Waals surface area contributed by atoms with Gasteiger partial charge in [-0.1, -0.05) is 23.9 Å². The molecule has 1 atom stereocenters. The van der Waals surface area contributed by atoms with E-state index in [0.29, 0.717) is 16.2 Å². The van der Waals surface area contributed by atoms with Crippen LogP contribution in [-0.2, 0) is 4.79 Å². The summed E-state index contributed by atoms with van der Waals surface area (Å²) in [6.07, 6.45) is 1.97. The van der Waals surface area contributed by atoms with E-state index in [1.165, 1.54) is 23.9 Å². The minimum Gasteiger partial charge on any atom is -0.352 e. The average molecular weight is 355 g/mol. The first-order chi connectivity index (χ1) is 12.0. The zero-order valence-corrected chi connectivity index (χ0v) is 14.9. The number of halogens is 1. The van der Waals surface area contributed by atoms with Crippen LogP contribution in [0.2, 0.25) is 0 Å². The standard InChI is InChI=1S/C19H18FN3OS/c1-11-9-12(2)22-19(16(11)10-21)25-17(18(24)23-15-7-8-15)13-3-5-14(20)6-4-13/h3-6,9,15,17H,7-8H2,1-2H3,(H,23,24). The maximum absolute atomic E-state index is 13.3. The van der Waals surface area contributed by atoms with E-state index >= 15 is 0 Å². The maximum atomic E-state index is 13.3. The highest BCUT2D eigenvalue weighted by Gasteiger charge is 2.30. The lowest BCUT2D eigenvalue weighted by atomic mass is 10.1. The molecule has 0 spiro atoms. The average Bonchev–Trinajstić information content (AvgIpc) is 3.37. The number of nitrogens with one attached hydrogen (secondary N) is 1. The first-order valence-electron chi connectivity index (χ1n) is 8.08. The van der Waals surface area contributed by atoms with Crippen molar-refractivity contribution in [1.82, 2.24) is 10.3 Å². The zero-order valence-electron chi connectivity index (χ0n) is 14.0. The molecule has 0 aliphatic heterocycles. The molecule has 1 saturated carbocycles. The number of amides is 1. The second-order valence-electron chi connectivity index (χ2n) is 6.20. The summed E-state index contributed by atoms with van der Waals surface area (Å²) in [7, 11) is 0. The zero-order chi connectivity index (χ0) is 18.0. The van der Waals surface area contributed by atoms with Crippen molar-refractivity contribution in [3.63, 3.8) is 0 Å². The Labute approximate surface area is 150 Å². The minimum atomic E-state index is -0.581. The fourth-order valence-corrected chi connectivity index (χ4v) is 3.76. The Hall–Kier alpha value is -2.39. The normalized spacial score (nSPS) is 14.6. The molecule has 1 heterocycles. The number of nitriles is 1. The van der Waals surface area contributed by atoms with Crippen molar-refractivity contribution in [1.29, 1.82) is 5.26 Å². The van der Waals surface area contributed by atoms with Crippen LogP contribution in [-0.4, -0.2) is 16.9 Å². The Morgan fingerprint density at radius 2 is 2.04 bits per heavy atom. The quantitative estimate of drug-likeness (QED) is 0.828. The number of thioether (sulfide) groups is 1. The Morgan fingerprint density at radius 3 is 2.64 bits per heavy atom. The summed E-state index contributed by atoms with van der Waals surface area (Å²) in [5.74, 6) is -0.485. The van der Waals surface area contributed by atoms with Crippen molar-refractivity contribution >= 4 is 17.7 Å². The maximum Gasteiger partial charge on any atom is 0.238 e. The van der Waals surface area contributed by atoms with Crippen LogP contribution in [0.4, 0.5) is 4.39 Å². The van der Waals surface area contributed by atoms with E-state index in [1.807, 2.05) is 19.9 Å². The molecular weight excluding hydrogens is 337 g/mol. The van der Waals surface area contributed by atoms with E-state index < -0.39 is 5.25 Å². The summed E-state index contributed by atoms with van der Waals surface area (Å²) in [6.45, 7) is 3.71. The lowest BCUT2D eigenvalue weighted by Gasteiger charge is -2.18. The summed E-state index contributed by atoms with van der Waals surface area (Å²) >= 11 is 1.24. The number of hydrogen-bond donors (Lipinski definition) is 1. The van der Waals surface area contributed by atoms with Crippen LogP contribution < -0.4 is 5.32 Å². The molecule has 0 bridgehead atoms. The Bertz CT molecular complexity index is 841. The second-order valence-corrected chi connectivity index (χ2v) is 7.30. The van der Waals surface area contributed by atoms with E-state index in [-0.39, 0.29) is 17.8 Å². The number of hydrogen-bond acceptors (Lipinski definition) is 4. The van der Waals surface area contributed by atoms with E-state index in [9.17, 15) is 14.4 Å². The van der Waals surface area contributed by atoms with Gasteiger partial charge in [0.2, 0.25) is 5.91 Å². The molecule has 3 rings (SSSR count). The van der Waals surface area contributed by atoms with Crippen LogP contribution >= 0.6 is 11.8 Å². The second kappa shape index (κ2) is 7.24. The smallest absolute Gasteiger partial charge is 0.238 e. The number of aryl methyl sites for hydroxylation is 2. The summed E-state index contributed by atoms with van der Waals surface area (Å²) in [5.41, 5.74) is 2.79. The highest BCUT2D eigenvalue weighted by Crippen LogP contribution is 2.38. The topological polar surface area (TPSA) is 65.8 Å². The van der Waals surface area contributed by atoms with Gasteiger partial charge in [0.15, 0.2) is 0 Å². The number of aromatic nitrogens is 1. The van der Waals surface area contributed by atoms with Crippen LogP contribution in [0.5, 0.6) is 0 Å². The largest absolute Gasteiger partial charge is 0.352 e. The Kier molecular flexibility index (Phi) is 5.05. The molecular formula is C19H18FN3OS. The highest BCUT2D eigenvalue weighted by molar-refractivity contribution is 8.00. The van der Waals surface area contributed by atoms with E-state index in [1.54, 1.807) is 12.1 Å². The minimum absolute atomic E-state index is 0.135. The molecule has 128 valence electrons. The molecule has 0 radical (unpaired) electrons. The molecule has 6 heteroatoms. The van der Waals surface area contributed by atoms with Gasteiger partial charge in [-0.3, -0.25) is 4.79 Å². The van der Waals surface area contributed by atoms with Crippen LogP contribution in [0, 0.1) is 31.0 Å². The molecule has 1 fully saturated rings. The van der Waals surface area contributed by atoms with Gasteiger partial charge in [0, 0.05) is 11.7 Å². The Morgan fingerprint density at radius 1 is 1.36 bits per heavy atom. The lowest BCUT2D eigenvalue weighted by molar-refractivity contribution is -0.120. The van der Waals surface area contributed by atoms with Gasteiger partial charge in [-0.05, 0) is 56.0 Å². The third-order valence-corrected chi connectivity index (χ3v) is 5.23.